The van der Waals surface area contributed by atoms with Gasteiger partial charge in [-0.1, -0.05) is 12.1 Å². The van der Waals surface area contributed by atoms with Gasteiger partial charge in [0.1, 0.15) is 6.29 Å². The number of hydrogen-bond donors (Lipinski definition) is 0. The lowest BCUT2D eigenvalue weighted by molar-refractivity contribution is -0.385. The Balaban J connectivity index is 2.47. The van der Waals surface area contributed by atoms with E-state index in [1.807, 2.05) is 0 Å². The molecule has 1 aromatic carbocycles. The van der Waals surface area contributed by atoms with E-state index in [1.165, 1.54) is 6.07 Å². The van der Waals surface area contributed by atoms with Crippen LogP contribution in [-0.4, -0.2) is 17.8 Å². The summed E-state index contributed by atoms with van der Waals surface area (Å²) >= 11 is 0. The van der Waals surface area contributed by atoms with Gasteiger partial charge >= 0.3 is 5.69 Å². The molecule has 0 saturated carbocycles. The van der Waals surface area contributed by atoms with Crippen molar-refractivity contribution in [2.24, 2.45) is 0 Å². The molecule has 0 atom stereocenters. The van der Waals surface area contributed by atoms with Crippen LogP contribution in [0.15, 0.2) is 24.3 Å². The number of carbonyl (C=O) groups is 1. The zero-order valence-corrected chi connectivity index (χ0v) is 8.80. The summed E-state index contributed by atoms with van der Waals surface area (Å²) in [6.07, 6.45) is 2.81. The Hall–Kier alpha value is -1.91. The third-order valence-corrected chi connectivity index (χ3v) is 2.04. The second-order valence-corrected chi connectivity index (χ2v) is 3.24. The van der Waals surface area contributed by atoms with Gasteiger partial charge in [-0.25, -0.2) is 0 Å². The first-order chi connectivity index (χ1) is 7.75. The van der Waals surface area contributed by atoms with Crippen molar-refractivity contribution in [3.8, 4) is 5.75 Å². The molecule has 1 rings (SSSR count). The van der Waals surface area contributed by atoms with Crippen LogP contribution in [0, 0.1) is 10.1 Å². The summed E-state index contributed by atoms with van der Waals surface area (Å²) in [5, 5.41) is 10.6. The van der Waals surface area contributed by atoms with Crippen molar-refractivity contribution in [2.45, 2.75) is 19.3 Å². The number of carbonyl (C=O) groups excluding carboxylic acids is 1. The van der Waals surface area contributed by atoms with Gasteiger partial charge in [0, 0.05) is 12.5 Å². The highest BCUT2D eigenvalue weighted by Crippen LogP contribution is 2.25. The molecule has 0 aliphatic heterocycles. The number of nitro groups is 1. The predicted octanol–water partition coefficient (Wildman–Crippen LogP) is 2.34. The van der Waals surface area contributed by atoms with Crippen LogP contribution in [0.1, 0.15) is 19.3 Å². The van der Waals surface area contributed by atoms with Crippen molar-refractivity contribution in [2.75, 3.05) is 6.61 Å². The van der Waals surface area contributed by atoms with Gasteiger partial charge in [0.15, 0.2) is 5.75 Å². The van der Waals surface area contributed by atoms with E-state index in [1.54, 1.807) is 18.2 Å². The summed E-state index contributed by atoms with van der Waals surface area (Å²) in [5.41, 5.74) is -0.0297. The third-order valence-electron chi connectivity index (χ3n) is 2.04. The lowest BCUT2D eigenvalue weighted by atomic mass is 10.2. The number of aldehydes is 1. The number of unbranched alkanes of at least 4 members (excludes halogenated alkanes) is 2. The van der Waals surface area contributed by atoms with Crippen molar-refractivity contribution in [3.63, 3.8) is 0 Å². The van der Waals surface area contributed by atoms with Gasteiger partial charge in [-0.3, -0.25) is 10.1 Å². The molecular weight excluding hydrogens is 210 g/mol. The standard InChI is InChI=1S/C11H13NO4/c13-8-4-1-5-9-16-11-7-3-2-6-10(11)12(14)15/h2-3,6-8H,1,4-5,9H2. The van der Waals surface area contributed by atoms with Crippen molar-refractivity contribution in [1.82, 2.24) is 0 Å². The van der Waals surface area contributed by atoms with Gasteiger partial charge in [0.2, 0.25) is 0 Å². The number of nitro benzene ring substituents is 1. The molecule has 0 radical (unpaired) electrons. The molecule has 0 unspecified atom stereocenters. The summed E-state index contributed by atoms with van der Waals surface area (Å²) in [7, 11) is 0. The van der Waals surface area contributed by atoms with E-state index >= 15 is 0 Å². The lowest BCUT2D eigenvalue weighted by Crippen LogP contribution is -2.00. The molecule has 16 heavy (non-hydrogen) atoms. The van der Waals surface area contributed by atoms with Gasteiger partial charge in [-0.15, -0.1) is 0 Å². The minimum absolute atomic E-state index is 0.0297. The molecule has 0 heterocycles. The largest absolute Gasteiger partial charge is 0.487 e. The molecule has 1 aromatic rings. The average molecular weight is 223 g/mol. The Morgan fingerprint density at radius 3 is 2.75 bits per heavy atom. The monoisotopic (exact) mass is 223 g/mol. The minimum Gasteiger partial charge on any atom is -0.487 e. The zero-order valence-electron chi connectivity index (χ0n) is 8.80. The van der Waals surface area contributed by atoms with E-state index in [4.69, 9.17) is 4.74 Å². The summed E-state index contributed by atoms with van der Waals surface area (Å²) in [6, 6.07) is 6.25. The van der Waals surface area contributed by atoms with E-state index in [-0.39, 0.29) is 11.4 Å². The Morgan fingerprint density at radius 1 is 1.31 bits per heavy atom. The lowest BCUT2D eigenvalue weighted by Gasteiger charge is -2.05. The second-order valence-electron chi connectivity index (χ2n) is 3.24. The first-order valence-electron chi connectivity index (χ1n) is 5.05. The normalized spacial score (nSPS) is 9.75. The average Bonchev–Trinajstić information content (AvgIpc) is 2.29. The third kappa shape index (κ3) is 3.68. The molecule has 0 saturated heterocycles. The molecule has 0 aliphatic carbocycles. The van der Waals surface area contributed by atoms with Crippen molar-refractivity contribution < 1.29 is 14.5 Å². The number of benzene rings is 1. The van der Waals surface area contributed by atoms with Crippen molar-refractivity contribution >= 4 is 12.0 Å². The van der Waals surface area contributed by atoms with E-state index in [0.717, 1.165) is 12.7 Å². The molecule has 0 bridgehead atoms. The SMILES string of the molecule is O=CCCCCOc1ccccc1[N+](=O)[O-]. The quantitative estimate of drug-likeness (QED) is 0.308. The first-order valence-corrected chi connectivity index (χ1v) is 5.05. The fourth-order valence-corrected chi connectivity index (χ4v) is 1.24. The Labute approximate surface area is 93.2 Å². The molecule has 0 fully saturated rings. The van der Waals surface area contributed by atoms with Crippen molar-refractivity contribution in [1.29, 1.82) is 0 Å². The number of ether oxygens (including phenoxy) is 1. The first kappa shape index (κ1) is 12.2. The van der Waals surface area contributed by atoms with Crippen LogP contribution in [-0.2, 0) is 4.79 Å². The smallest absolute Gasteiger partial charge is 0.310 e. The van der Waals surface area contributed by atoms with Crippen LogP contribution in [0.2, 0.25) is 0 Å². The highest BCUT2D eigenvalue weighted by Gasteiger charge is 2.12. The van der Waals surface area contributed by atoms with Crippen LogP contribution < -0.4 is 4.74 Å². The van der Waals surface area contributed by atoms with Gasteiger partial charge in [0.05, 0.1) is 11.5 Å². The van der Waals surface area contributed by atoms with Crippen molar-refractivity contribution in [3.05, 3.63) is 34.4 Å². The molecule has 5 nitrogen and oxygen atoms in total. The van der Waals surface area contributed by atoms with E-state index in [9.17, 15) is 14.9 Å². The minimum atomic E-state index is -0.471. The molecular formula is C11H13NO4. The Kier molecular flexibility index (Phi) is 4.98. The number of nitrogens with zero attached hydrogens (tertiary/aromatic N) is 1. The summed E-state index contributed by atoms with van der Waals surface area (Å²) < 4.78 is 5.29. The fraction of sp³-hybridized carbons (Fsp3) is 0.364. The van der Waals surface area contributed by atoms with Crippen LogP contribution in [0.3, 0.4) is 0 Å². The fourth-order valence-electron chi connectivity index (χ4n) is 1.24. The predicted molar refractivity (Wildman–Crippen MR) is 58.5 cm³/mol. The van der Waals surface area contributed by atoms with Gasteiger partial charge in [0.25, 0.3) is 0 Å². The zero-order chi connectivity index (χ0) is 11.8. The molecule has 0 amide bonds. The van der Waals surface area contributed by atoms with E-state index in [2.05, 4.69) is 0 Å². The van der Waals surface area contributed by atoms with Crippen LogP contribution in [0.4, 0.5) is 5.69 Å². The maximum Gasteiger partial charge on any atom is 0.310 e. The maximum absolute atomic E-state index is 10.6. The molecule has 0 N–H and O–H groups in total. The maximum atomic E-state index is 10.6. The summed E-state index contributed by atoms with van der Waals surface area (Å²) in [4.78, 5) is 20.2. The number of para-hydroxylation sites is 2. The molecule has 5 heteroatoms. The van der Waals surface area contributed by atoms with Crippen LogP contribution in [0.25, 0.3) is 0 Å². The van der Waals surface area contributed by atoms with Crippen LogP contribution >= 0.6 is 0 Å². The van der Waals surface area contributed by atoms with Crippen LogP contribution in [0.5, 0.6) is 5.75 Å². The van der Waals surface area contributed by atoms with E-state index < -0.39 is 4.92 Å². The second kappa shape index (κ2) is 6.55. The highest BCUT2D eigenvalue weighted by atomic mass is 16.6. The molecule has 0 aromatic heterocycles. The summed E-state index contributed by atoms with van der Waals surface area (Å²) in [5.74, 6) is 0.276. The topological polar surface area (TPSA) is 69.4 Å². The Morgan fingerprint density at radius 2 is 2.06 bits per heavy atom. The highest BCUT2D eigenvalue weighted by molar-refractivity contribution is 5.49. The van der Waals surface area contributed by atoms with E-state index in [0.29, 0.717) is 19.4 Å². The molecule has 86 valence electrons. The number of hydrogen-bond acceptors (Lipinski definition) is 4. The number of rotatable bonds is 7. The Bertz CT molecular complexity index is 365. The summed E-state index contributed by atoms with van der Waals surface area (Å²) in [6.45, 7) is 0.388. The molecule has 0 aliphatic rings. The van der Waals surface area contributed by atoms with Gasteiger partial charge < -0.3 is 9.53 Å². The van der Waals surface area contributed by atoms with Gasteiger partial charge in [-0.2, -0.15) is 0 Å². The molecule has 0 spiro atoms. The van der Waals surface area contributed by atoms with Gasteiger partial charge in [-0.05, 0) is 18.9 Å².